The number of imidazole rings is 1. The fraction of sp³-hybridized carbons (Fsp3) is 0.208. The molecule has 0 fully saturated rings. The van der Waals surface area contributed by atoms with Crippen molar-refractivity contribution >= 4 is 33.9 Å². The zero-order valence-corrected chi connectivity index (χ0v) is 18.9. The minimum Gasteiger partial charge on any atom is -0.494 e. The molecule has 8 heteroatoms. The van der Waals surface area contributed by atoms with Crippen LogP contribution in [0.1, 0.15) is 40.3 Å². The molecule has 3 aromatic heterocycles. The molecular formula is C24H23N3O4S. The van der Waals surface area contributed by atoms with Gasteiger partial charge < -0.3 is 19.2 Å². The summed E-state index contributed by atoms with van der Waals surface area (Å²) >= 11 is 1.29. The van der Waals surface area contributed by atoms with Gasteiger partial charge in [0.15, 0.2) is 0 Å². The first-order valence-electron chi connectivity index (χ1n) is 10.3. The van der Waals surface area contributed by atoms with Crippen LogP contribution in [0.4, 0.5) is 5.00 Å². The van der Waals surface area contributed by atoms with E-state index in [1.807, 2.05) is 54.1 Å². The quantitative estimate of drug-likeness (QED) is 0.392. The van der Waals surface area contributed by atoms with Crippen LogP contribution >= 0.6 is 11.3 Å². The Morgan fingerprint density at radius 1 is 1.12 bits per heavy atom. The van der Waals surface area contributed by atoms with E-state index in [2.05, 4.69) is 10.3 Å². The Morgan fingerprint density at radius 2 is 1.91 bits per heavy atom. The second kappa shape index (κ2) is 9.23. The number of carbonyl (C=O) groups is 2. The summed E-state index contributed by atoms with van der Waals surface area (Å²) in [5.41, 5.74) is 3.88. The molecule has 4 aromatic rings. The molecule has 1 N–H and O–H groups in total. The van der Waals surface area contributed by atoms with Gasteiger partial charge in [-0.05, 0) is 50.6 Å². The van der Waals surface area contributed by atoms with Crippen LogP contribution in [0.5, 0.6) is 5.75 Å². The van der Waals surface area contributed by atoms with Crippen LogP contribution in [-0.4, -0.2) is 34.5 Å². The number of ether oxygens (including phenoxy) is 2. The first kappa shape index (κ1) is 21.6. The summed E-state index contributed by atoms with van der Waals surface area (Å²) in [6.45, 7) is 6.38. The summed E-state index contributed by atoms with van der Waals surface area (Å²) in [6.07, 6.45) is 3.68. The Balaban J connectivity index is 1.66. The number of carbonyl (C=O) groups excluding carboxylic acids is 2. The molecule has 0 aliphatic heterocycles. The first-order valence-corrected chi connectivity index (χ1v) is 11.2. The van der Waals surface area contributed by atoms with Crippen LogP contribution in [0.25, 0.3) is 16.8 Å². The van der Waals surface area contributed by atoms with Gasteiger partial charge in [0.05, 0.1) is 18.9 Å². The highest BCUT2D eigenvalue weighted by atomic mass is 32.1. The number of thiophene rings is 1. The highest BCUT2D eigenvalue weighted by molar-refractivity contribution is 7.15. The fourth-order valence-electron chi connectivity index (χ4n) is 3.39. The van der Waals surface area contributed by atoms with Crippen LogP contribution < -0.4 is 10.1 Å². The van der Waals surface area contributed by atoms with E-state index in [0.717, 1.165) is 17.0 Å². The van der Waals surface area contributed by atoms with Crippen molar-refractivity contribution in [1.82, 2.24) is 9.38 Å². The van der Waals surface area contributed by atoms with E-state index in [4.69, 9.17) is 9.47 Å². The molecular weight excluding hydrogens is 426 g/mol. The number of aromatic nitrogens is 2. The van der Waals surface area contributed by atoms with E-state index in [-0.39, 0.29) is 12.5 Å². The number of amides is 1. The van der Waals surface area contributed by atoms with E-state index in [1.165, 1.54) is 11.3 Å². The van der Waals surface area contributed by atoms with Crippen molar-refractivity contribution in [3.05, 3.63) is 71.0 Å². The average Bonchev–Trinajstić information content (AvgIpc) is 3.36. The van der Waals surface area contributed by atoms with Gasteiger partial charge >= 0.3 is 5.97 Å². The summed E-state index contributed by atoms with van der Waals surface area (Å²) < 4.78 is 12.6. The van der Waals surface area contributed by atoms with Crippen molar-refractivity contribution in [3.8, 4) is 16.9 Å². The zero-order valence-electron chi connectivity index (χ0n) is 18.0. The van der Waals surface area contributed by atoms with E-state index >= 15 is 0 Å². The molecule has 0 atom stereocenters. The molecule has 0 bridgehead atoms. The van der Waals surface area contributed by atoms with Gasteiger partial charge in [-0.2, -0.15) is 0 Å². The number of pyridine rings is 1. The maximum absolute atomic E-state index is 12.9. The maximum atomic E-state index is 12.9. The van der Waals surface area contributed by atoms with Gasteiger partial charge in [0.1, 0.15) is 22.0 Å². The van der Waals surface area contributed by atoms with Crippen molar-refractivity contribution in [2.24, 2.45) is 0 Å². The van der Waals surface area contributed by atoms with Crippen LogP contribution in [0.15, 0.2) is 54.2 Å². The van der Waals surface area contributed by atoms with Crippen molar-refractivity contribution < 1.29 is 19.1 Å². The standard InChI is InChI=1S/C24H23N3O4S/c1-4-30-18-8-6-16(7-9-18)19-14-32-23(21(19)24(29)31-5-2)26-22(28)17-10-11-27-13-15(3)25-20(27)12-17/h6-14H,4-5H2,1-3H3,(H,26,28). The Labute approximate surface area is 189 Å². The van der Waals surface area contributed by atoms with E-state index in [0.29, 0.717) is 33.9 Å². The molecule has 164 valence electrons. The predicted molar refractivity (Wildman–Crippen MR) is 125 cm³/mol. The SMILES string of the molecule is CCOC(=O)c1c(-c2ccc(OCC)cc2)csc1NC(=O)c1ccn2cc(C)nc2c1. The van der Waals surface area contributed by atoms with Crippen LogP contribution in [0.3, 0.4) is 0 Å². The topological polar surface area (TPSA) is 81.9 Å². The minimum atomic E-state index is -0.479. The molecule has 0 aliphatic rings. The molecule has 0 saturated carbocycles. The third kappa shape index (κ3) is 4.36. The van der Waals surface area contributed by atoms with Crippen molar-refractivity contribution in [1.29, 1.82) is 0 Å². The van der Waals surface area contributed by atoms with Crippen LogP contribution in [-0.2, 0) is 4.74 Å². The number of esters is 1. The monoisotopic (exact) mass is 449 g/mol. The highest BCUT2D eigenvalue weighted by Crippen LogP contribution is 2.37. The number of fused-ring (bicyclic) bond motifs is 1. The first-order chi connectivity index (χ1) is 15.5. The van der Waals surface area contributed by atoms with Gasteiger partial charge in [-0.3, -0.25) is 4.79 Å². The number of nitrogens with zero attached hydrogens (tertiary/aromatic N) is 2. The molecule has 1 aromatic carbocycles. The van der Waals surface area contributed by atoms with Gasteiger partial charge in [0.25, 0.3) is 5.91 Å². The summed E-state index contributed by atoms with van der Waals surface area (Å²) in [7, 11) is 0. The molecule has 4 rings (SSSR count). The number of hydrogen-bond donors (Lipinski definition) is 1. The highest BCUT2D eigenvalue weighted by Gasteiger charge is 2.23. The van der Waals surface area contributed by atoms with E-state index < -0.39 is 5.97 Å². The Hall–Kier alpha value is -3.65. The number of benzene rings is 1. The molecule has 32 heavy (non-hydrogen) atoms. The van der Waals surface area contributed by atoms with Crippen molar-refractivity contribution in [3.63, 3.8) is 0 Å². The fourth-order valence-corrected chi connectivity index (χ4v) is 4.34. The number of hydrogen-bond acceptors (Lipinski definition) is 6. The van der Waals surface area contributed by atoms with Crippen molar-refractivity contribution in [2.45, 2.75) is 20.8 Å². The van der Waals surface area contributed by atoms with Gasteiger partial charge in [-0.15, -0.1) is 11.3 Å². The maximum Gasteiger partial charge on any atom is 0.341 e. The number of nitrogens with one attached hydrogen (secondary N) is 1. The molecule has 1 amide bonds. The Kier molecular flexibility index (Phi) is 6.23. The van der Waals surface area contributed by atoms with Crippen molar-refractivity contribution in [2.75, 3.05) is 18.5 Å². The minimum absolute atomic E-state index is 0.237. The Bertz CT molecular complexity index is 1270. The zero-order chi connectivity index (χ0) is 22.7. The van der Waals surface area contributed by atoms with E-state index in [1.54, 1.807) is 25.3 Å². The van der Waals surface area contributed by atoms with Crippen LogP contribution in [0, 0.1) is 6.92 Å². The number of aryl methyl sites for hydroxylation is 1. The second-order valence-corrected chi connectivity index (χ2v) is 7.93. The lowest BCUT2D eigenvalue weighted by molar-refractivity contribution is 0.0529. The summed E-state index contributed by atoms with van der Waals surface area (Å²) in [5.74, 6) is -0.0478. The summed E-state index contributed by atoms with van der Waals surface area (Å²) in [4.78, 5) is 30.1. The second-order valence-electron chi connectivity index (χ2n) is 7.05. The lowest BCUT2D eigenvalue weighted by Crippen LogP contribution is -2.15. The summed E-state index contributed by atoms with van der Waals surface area (Å²) in [6, 6.07) is 10.9. The molecule has 0 unspecified atom stereocenters. The van der Waals surface area contributed by atoms with Gasteiger partial charge in [-0.25, -0.2) is 9.78 Å². The molecule has 7 nitrogen and oxygen atoms in total. The largest absolute Gasteiger partial charge is 0.494 e. The van der Waals surface area contributed by atoms with E-state index in [9.17, 15) is 9.59 Å². The number of anilines is 1. The lowest BCUT2D eigenvalue weighted by atomic mass is 10.0. The predicted octanol–water partition coefficient (Wildman–Crippen LogP) is 5.20. The third-order valence-electron chi connectivity index (χ3n) is 4.82. The van der Waals surface area contributed by atoms with Gasteiger partial charge in [0, 0.05) is 28.9 Å². The normalized spacial score (nSPS) is 10.8. The van der Waals surface area contributed by atoms with Crippen LogP contribution in [0.2, 0.25) is 0 Å². The van der Waals surface area contributed by atoms with Gasteiger partial charge in [-0.1, -0.05) is 12.1 Å². The molecule has 0 spiro atoms. The lowest BCUT2D eigenvalue weighted by Gasteiger charge is -2.10. The number of rotatable bonds is 7. The van der Waals surface area contributed by atoms with Gasteiger partial charge in [0.2, 0.25) is 0 Å². The molecule has 0 radical (unpaired) electrons. The molecule has 3 heterocycles. The smallest absolute Gasteiger partial charge is 0.341 e. The molecule has 0 aliphatic carbocycles. The molecule has 0 saturated heterocycles. The third-order valence-corrected chi connectivity index (χ3v) is 5.71. The average molecular weight is 450 g/mol. The Morgan fingerprint density at radius 3 is 2.62 bits per heavy atom. The summed E-state index contributed by atoms with van der Waals surface area (Å²) in [5, 5.41) is 5.16.